The van der Waals surface area contributed by atoms with Crippen LogP contribution in [0, 0.1) is 13.8 Å². The first-order valence-corrected chi connectivity index (χ1v) is 7.81. The molecule has 0 saturated heterocycles. The smallest absolute Gasteiger partial charge is 0.342 e. The van der Waals surface area contributed by atoms with Gasteiger partial charge in [0.05, 0.1) is 18.3 Å². The van der Waals surface area contributed by atoms with Crippen LogP contribution >= 0.6 is 0 Å². The molecule has 7 nitrogen and oxygen atoms in total. The molecule has 3 aromatic rings. The number of aryl methyl sites for hydroxylation is 2. The number of ether oxygens (including phenoxy) is 1. The number of anilines is 1. The Hall–Kier alpha value is -2.83. The third-order valence-electron chi connectivity index (χ3n) is 3.56. The number of rotatable bonds is 6. The fraction of sp³-hybridized carbons (Fsp3) is 0.353. The second-order valence-electron chi connectivity index (χ2n) is 5.31. The maximum atomic E-state index is 12.3. The molecule has 1 N–H and O–H groups in total. The zero-order chi connectivity index (χ0) is 17.1. The Morgan fingerprint density at radius 1 is 1.33 bits per heavy atom. The molecule has 7 heteroatoms. The van der Waals surface area contributed by atoms with E-state index in [2.05, 4.69) is 15.3 Å². The van der Waals surface area contributed by atoms with E-state index < -0.39 is 5.97 Å². The monoisotopic (exact) mass is 329 g/mol. The second kappa shape index (κ2) is 6.74. The maximum absolute atomic E-state index is 12.3. The Morgan fingerprint density at radius 3 is 2.88 bits per heavy atom. The van der Waals surface area contributed by atoms with Crippen LogP contribution in [-0.4, -0.2) is 29.1 Å². The van der Waals surface area contributed by atoms with Crippen LogP contribution in [0.3, 0.4) is 0 Å². The fourth-order valence-corrected chi connectivity index (χ4v) is 2.55. The molecule has 3 aromatic heterocycles. The summed E-state index contributed by atoms with van der Waals surface area (Å²) in [5, 5.41) is 3.79. The average molecular weight is 329 g/mol. The summed E-state index contributed by atoms with van der Waals surface area (Å²) in [4.78, 5) is 20.9. The highest BCUT2D eigenvalue weighted by atomic mass is 16.5. The molecule has 0 fully saturated rings. The van der Waals surface area contributed by atoms with Gasteiger partial charge in [0.15, 0.2) is 0 Å². The van der Waals surface area contributed by atoms with Crippen molar-refractivity contribution in [1.29, 1.82) is 0 Å². The summed E-state index contributed by atoms with van der Waals surface area (Å²) in [6.45, 7) is 6.15. The quantitative estimate of drug-likeness (QED) is 0.694. The van der Waals surface area contributed by atoms with Gasteiger partial charge in [0, 0.05) is 13.0 Å². The number of hydrogen-bond acceptors (Lipinski definition) is 7. The zero-order valence-corrected chi connectivity index (χ0v) is 13.9. The Balaban J connectivity index is 1.94. The summed E-state index contributed by atoms with van der Waals surface area (Å²) in [6.07, 6.45) is 2.34. The van der Waals surface area contributed by atoms with Crippen molar-refractivity contribution in [2.75, 3.05) is 18.5 Å². The molecule has 0 bridgehead atoms. The van der Waals surface area contributed by atoms with E-state index in [-0.39, 0.29) is 0 Å². The van der Waals surface area contributed by atoms with Crippen LogP contribution in [0.4, 0.5) is 5.82 Å². The molecule has 0 spiro atoms. The van der Waals surface area contributed by atoms with Crippen molar-refractivity contribution in [3.05, 3.63) is 41.3 Å². The maximum Gasteiger partial charge on any atom is 0.342 e. The van der Waals surface area contributed by atoms with Crippen LogP contribution in [0.2, 0.25) is 0 Å². The lowest BCUT2D eigenvalue weighted by molar-refractivity contribution is 0.0526. The van der Waals surface area contributed by atoms with Gasteiger partial charge in [-0.1, -0.05) is 0 Å². The molecule has 0 radical (unpaired) electrons. The first-order valence-electron chi connectivity index (χ1n) is 7.81. The van der Waals surface area contributed by atoms with Crippen molar-refractivity contribution in [2.24, 2.45) is 0 Å². The predicted octanol–water partition coefficient (Wildman–Crippen LogP) is 3.26. The number of nitrogens with one attached hydrogen (secondary N) is 1. The van der Waals surface area contributed by atoms with E-state index in [4.69, 9.17) is 13.6 Å². The third-order valence-corrected chi connectivity index (χ3v) is 3.56. The minimum Gasteiger partial charge on any atom is -0.469 e. The van der Waals surface area contributed by atoms with Gasteiger partial charge in [-0.25, -0.2) is 9.78 Å². The van der Waals surface area contributed by atoms with Crippen molar-refractivity contribution in [3.63, 3.8) is 0 Å². The largest absolute Gasteiger partial charge is 0.469 e. The number of nitrogens with zero attached hydrogens (tertiary/aromatic N) is 2. The molecular weight excluding hydrogens is 310 g/mol. The number of carbonyl (C=O) groups is 1. The summed E-state index contributed by atoms with van der Waals surface area (Å²) in [5.74, 6) is 2.03. The van der Waals surface area contributed by atoms with Crippen LogP contribution < -0.4 is 5.32 Å². The highest BCUT2D eigenvalue weighted by Crippen LogP contribution is 2.30. The van der Waals surface area contributed by atoms with Gasteiger partial charge in [0.1, 0.15) is 28.7 Å². The highest BCUT2D eigenvalue weighted by Gasteiger charge is 2.24. The molecule has 3 heterocycles. The Morgan fingerprint density at radius 2 is 2.17 bits per heavy atom. The highest BCUT2D eigenvalue weighted by molar-refractivity contribution is 6.07. The molecule has 0 aliphatic heterocycles. The SMILES string of the molecule is CCOC(=O)c1c(C)oc2nc(C)nc(NCCc3ccco3)c12. The lowest BCUT2D eigenvalue weighted by atomic mass is 10.2. The van der Waals surface area contributed by atoms with E-state index in [1.165, 1.54) is 0 Å². The topological polar surface area (TPSA) is 90.4 Å². The van der Waals surface area contributed by atoms with Crippen molar-refractivity contribution in [3.8, 4) is 0 Å². The van der Waals surface area contributed by atoms with E-state index >= 15 is 0 Å². The first-order chi connectivity index (χ1) is 11.6. The van der Waals surface area contributed by atoms with Gasteiger partial charge in [-0.3, -0.25) is 0 Å². The minimum absolute atomic E-state index is 0.291. The lowest BCUT2D eigenvalue weighted by Gasteiger charge is -2.08. The van der Waals surface area contributed by atoms with Crippen LogP contribution in [0.5, 0.6) is 0 Å². The molecule has 0 aromatic carbocycles. The van der Waals surface area contributed by atoms with Gasteiger partial charge in [0.2, 0.25) is 5.71 Å². The van der Waals surface area contributed by atoms with E-state index in [0.29, 0.717) is 53.6 Å². The van der Waals surface area contributed by atoms with Crippen LogP contribution in [0.25, 0.3) is 11.1 Å². The summed E-state index contributed by atoms with van der Waals surface area (Å²) < 4.78 is 16.1. The van der Waals surface area contributed by atoms with Crippen LogP contribution in [0.1, 0.15) is 34.6 Å². The third kappa shape index (κ3) is 3.10. The second-order valence-corrected chi connectivity index (χ2v) is 5.31. The van der Waals surface area contributed by atoms with E-state index in [1.54, 1.807) is 27.0 Å². The lowest BCUT2D eigenvalue weighted by Crippen LogP contribution is -2.10. The number of furan rings is 2. The summed E-state index contributed by atoms with van der Waals surface area (Å²) >= 11 is 0. The van der Waals surface area contributed by atoms with Crippen LogP contribution in [0.15, 0.2) is 27.2 Å². The van der Waals surface area contributed by atoms with Crippen molar-refractivity contribution >= 4 is 22.9 Å². The van der Waals surface area contributed by atoms with Crippen molar-refractivity contribution in [2.45, 2.75) is 27.2 Å². The summed E-state index contributed by atoms with van der Waals surface area (Å²) in [5.41, 5.74) is 0.746. The van der Waals surface area contributed by atoms with E-state index in [0.717, 1.165) is 5.76 Å². The number of fused-ring (bicyclic) bond motifs is 1. The van der Waals surface area contributed by atoms with Gasteiger partial charge < -0.3 is 18.9 Å². The number of aromatic nitrogens is 2. The van der Waals surface area contributed by atoms with E-state index in [9.17, 15) is 4.79 Å². The Kier molecular flexibility index (Phi) is 4.50. The number of carbonyl (C=O) groups excluding carboxylic acids is 1. The van der Waals surface area contributed by atoms with E-state index in [1.807, 2.05) is 12.1 Å². The van der Waals surface area contributed by atoms with Crippen LogP contribution in [-0.2, 0) is 11.2 Å². The normalized spacial score (nSPS) is 11.0. The Labute approximate surface area is 139 Å². The standard InChI is InChI=1S/C17H19N3O4/c1-4-22-17(21)13-10(2)24-16-14(13)15(19-11(3)20-16)18-8-7-12-6-5-9-23-12/h5-6,9H,4,7-8H2,1-3H3,(H,18,19,20). The molecule has 0 amide bonds. The van der Waals surface area contributed by atoms with Gasteiger partial charge in [-0.05, 0) is 32.9 Å². The Bertz CT molecular complexity index is 852. The zero-order valence-electron chi connectivity index (χ0n) is 13.9. The van der Waals surface area contributed by atoms with Gasteiger partial charge in [-0.2, -0.15) is 4.98 Å². The molecule has 126 valence electrons. The predicted molar refractivity (Wildman–Crippen MR) is 88.1 cm³/mol. The molecule has 0 aliphatic rings. The fourth-order valence-electron chi connectivity index (χ4n) is 2.55. The molecule has 0 atom stereocenters. The molecule has 0 unspecified atom stereocenters. The average Bonchev–Trinajstić information content (AvgIpc) is 3.14. The number of esters is 1. The van der Waals surface area contributed by atoms with Gasteiger partial charge in [0.25, 0.3) is 0 Å². The molecule has 0 aliphatic carbocycles. The van der Waals surface area contributed by atoms with Gasteiger partial charge in [-0.15, -0.1) is 0 Å². The van der Waals surface area contributed by atoms with Gasteiger partial charge >= 0.3 is 5.97 Å². The van der Waals surface area contributed by atoms with Crippen molar-refractivity contribution in [1.82, 2.24) is 9.97 Å². The minimum atomic E-state index is -0.435. The molecule has 24 heavy (non-hydrogen) atoms. The number of hydrogen-bond donors (Lipinski definition) is 1. The first kappa shape index (κ1) is 16.0. The van der Waals surface area contributed by atoms with Crippen molar-refractivity contribution < 1.29 is 18.4 Å². The molecule has 0 saturated carbocycles. The molecular formula is C17H19N3O4. The molecule has 3 rings (SSSR count). The summed E-state index contributed by atoms with van der Waals surface area (Å²) in [6, 6.07) is 3.76. The summed E-state index contributed by atoms with van der Waals surface area (Å²) in [7, 11) is 0.